The lowest BCUT2D eigenvalue weighted by Gasteiger charge is -1.94. The predicted molar refractivity (Wildman–Crippen MR) is 40.4 cm³/mol. The van der Waals surface area contributed by atoms with E-state index in [1.807, 2.05) is 7.05 Å². The average molecular weight is 201 g/mol. The molecule has 0 aliphatic carbocycles. The van der Waals surface area contributed by atoms with Crippen molar-refractivity contribution in [3.05, 3.63) is 16.6 Å². The summed E-state index contributed by atoms with van der Waals surface area (Å²) >= 11 is 1.73. The number of nitrogens with zero attached hydrogens (tertiary/aromatic N) is 1. The first-order valence-corrected chi connectivity index (χ1v) is 4.00. The highest BCUT2D eigenvalue weighted by Gasteiger charge is 2.20. The van der Waals surface area contributed by atoms with E-state index in [9.17, 15) is 17.3 Å². The largest absolute Gasteiger partial charge is 0.673 e. The van der Waals surface area contributed by atoms with Crippen LogP contribution in [-0.2, 0) is 7.05 Å². The van der Waals surface area contributed by atoms with Crippen LogP contribution in [0.5, 0.6) is 0 Å². The van der Waals surface area contributed by atoms with Gasteiger partial charge in [-0.25, -0.2) is 0 Å². The minimum absolute atomic E-state index is 1.32. The summed E-state index contributed by atoms with van der Waals surface area (Å²) in [7, 11) is -3.95. The van der Waals surface area contributed by atoms with Gasteiger partial charge < -0.3 is 17.3 Å². The second-order valence-corrected chi connectivity index (χ2v) is 2.83. The summed E-state index contributed by atoms with van der Waals surface area (Å²) in [4.78, 5) is 0. The van der Waals surface area contributed by atoms with E-state index in [1.165, 1.54) is 5.69 Å². The van der Waals surface area contributed by atoms with Crippen LogP contribution in [0.25, 0.3) is 0 Å². The number of thiazole rings is 1. The Morgan fingerprint density at radius 2 is 1.75 bits per heavy atom. The van der Waals surface area contributed by atoms with Gasteiger partial charge in [0.1, 0.15) is 7.05 Å². The third kappa shape index (κ3) is 7.52. The van der Waals surface area contributed by atoms with Crippen molar-refractivity contribution in [2.75, 3.05) is 0 Å². The van der Waals surface area contributed by atoms with Gasteiger partial charge in [0.25, 0.3) is 0 Å². The molecule has 0 aromatic carbocycles. The summed E-state index contributed by atoms with van der Waals surface area (Å²) in [5, 5.41) is 2.12. The van der Waals surface area contributed by atoms with Gasteiger partial charge in [0.2, 0.25) is 5.51 Å². The Morgan fingerprint density at radius 1 is 1.33 bits per heavy atom. The number of hydrogen-bond acceptors (Lipinski definition) is 1. The third-order valence-electron chi connectivity index (χ3n) is 1.01. The zero-order valence-corrected chi connectivity index (χ0v) is 7.42. The summed E-state index contributed by atoms with van der Waals surface area (Å²) in [5.74, 6) is 0. The second kappa shape index (κ2) is 4.44. The Balaban J connectivity index is 0.000000217. The summed E-state index contributed by atoms with van der Waals surface area (Å²) in [6.07, 6.45) is 0. The summed E-state index contributed by atoms with van der Waals surface area (Å²) in [5.41, 5.74) is 3.40. The molecular weight excluding hydrogens is 193 g/mol. The quantitative estimate of drug-likeness (QED) is 0.344. The van der Waals surface area contributed by atoms with Crippen molar-refractivity contribution in [2.24, 2.45) is 7.05 Å². The van der Waals surface area contributed by atoms with Crippen molar-refractivity contribution in [1.82, 2.24) is 0 Å². The molecule has 0 aliphatic heterocycles. The molecule has 1 rings (SSSR count). The number of hydrogen-bond donors (Lipinski definition) is 0. The molecule has 0 atom stereocenters. The fourth-order valence-corrected chi connectivity index (χ4v) is 1.16. The van der Waals surface area contributed by atoms with Gasteiger partial charge in [0.15, 0.2) is 5.69 Å². The van der Waals surface area contributed by atoms with Crippen molar-refractivity contribution in [1.29, 1.82) is 0 Å². The molecule has 70 valence electrons. The highest BCUT2D eigenvalue weighted by Crippen LogP contribution is 2.06. The van der Waals surface area contributed by atoms with E-state index in [1.54, 1.807) is 11.3 Å². The minimum Gasteiger partial charge on any atom is -0.418 e. The Kier molecular flexibility index (Phi) is 4.23. The molecule has 0 N–H and O–H groups in total. The molecule has 12 heavy (non-hydrogen) atoms. The normalized spacial score (nSPS) is 10.5. The lowest BCUT2D eigenvalue weighted by Crippen LogP contribution is -2.27. The molecule has 1 nitrogen and oxygen atoms in total. The molecule has 0 bridgehead atoms. The first kappa shape index (κ1) is 11.4. The van der Waals surface area contributed by atoms with Crippen LogP contribution in [0.15, 0.2) is 10.9 Å². The highest BCUT2D eigenvalue weighted by molar-refractivity contribution is 7.07. The lowest BCUT2D eigenvalue weighted by atomic mass is 10.3. The first-order chi connectivity index (χ1) is 5.30. The van der Waals surface area contributed by atoms with Crippen LogP contribution in [0, 0.1) is 6.92 Å². The highest BCUT2D eigenvalue weighted by atomic mass is 32.1. The molecule has 1 heterocycles. The first-order valence-electron chi connectivity index (χ1n) is 3.06. The van der Waals surface area contributed by atoms with Gasteiger partial charge in [0.05, 0.1) is 5.38 Å². The predicted octanol–water partition coefficient (Wildman–Crippen LogP) is 2.18. The van der Waals surface area contributed by atoms with Crippen molar-refractivity contribution < 1.29 is 21.8 Å². The number of rotatable bonds is 0. The lowest BCUT2D eigenvalue weighted by molar-refractivity contribution is -0.672. The maximum Gasteiger partial charge on any atom is 0.673 e. The molecule has 0 radical (unpaired) electrons. The van der Waals surface area contributed by atoms with E-state index in [2.05, 4.69) is 22.4 Å². The van der Waals surface area contributed by atoms with Crippen molar-refractivity contribution in [3.63, 3.8) is 0 Å². The van der Waals surface area contributed by atoms with Crippen molar-refractivity contribution >= 4 is 18.6 Å². The molecule has 1 aromatic rings. The molecule has 0 fully saturated rings. The fraction of sp³-hybridized carbons (Fsp3) is 0.400. The second-order valence-electron chi connectivity index (χ2n) is 2.11. The SMILES string of the molecule is Cc1csc[n+]1C.F[B-](F)(F)F. The van der Waals surface area contributed by atoms with E-state index in [0.717, 1.165) is 0 Å². The number of aromatic nitrogens is 1. The maximum absolute atomic E-state index is 9.75. The van der Waals surface area contributed by atoms with E-state index in [-0.39, 0.29) is 0 Å². The van der Waals surface area contributed by atoms with Crippen LogP contribution in [0.3, 0.4) is 0 Å². The Bertz CT molecular complexity index is 211. The van der Waals surface area contributed by atoms with Crippen molar-refractivity contribution in [3.8, 4) is 0 Å². The number of aryl methyl sites for hydroxylation is 2. The molecule has 1 aromatic heterocycles. The van der Waals surface area contributed by atoms with Crippen LogP contribution in [0.4, 0.5) is 17.3 Å². The van der Waals surface area contributed by atoms with Gasteiger partial charge in [-0.3, -0.25) is 0 Å². The van der Waals surface area contributed by atoms with Gasteiger partial charge in [-0.05, 0) is 0 Å². The van der Waals surface area contributed by atoms with E-state index in [4.69, 9.17) is 0 Å². The molecule has 0 unspecified atom stereocenters. The summed E-state index contributed by atoms with van der Waals surface area (Å²) in [6, 6.07) is 0. The van der Waals surface area contributed by atoms with E-state index in [0.29, 0.717) is 0 Å². The Hall–Kier alpha value is -0.585. The standard InChI is InChI=1S/C5H8NS.BF4/c1-5-3-7-4-6(5)2;2-1(3,4)5/h3-4H,1-2H3;/q+1;-1. The number of halogens is 4. The summed E-state index contributed by atoms with van der Waals surface area (Å²) in [6.45, 7) is 2.09. The zero-order chi connectivity index (χ0) is 9.78. The molecule has 0 spiro atoms. The van der Waals surface area contributed by atoms with Crippen molar-refractivity contribution in [2.45, 2.75) is 6.92 Å². The van der Waals surface area contributed by atoms with Crippen LogP contribution < -0.4 is 4.57 Å². The topological polar surface area (TPSA) is 3.88 Å². The fourth-order valence-electron chi connectivity index (χ4n) is 0.386. The molecule has 0 amide bonds. The van der Waals surface area contributed by atoms with Crippen LogP contribution in [-0.4, -0.2) is 7.25 Å². The maximum atomic E-state index is 9.75. The van der Waals surface area contributed by atoms with Gasteiger partial charge in [-0.15, -0.1) is 0 Å². The van der Waals surface area contributed by atoms with E-state index >= 15 is 0 Å². The Labute approximate surface area is 71.8 Å². The molecule has 0 saturated heterocycles. The van der Waals surface area contributed by atoms with Crippen LogP contribution >= 0.6 is 11.3 Å². The molecule has 7 heteroatoms. The van der Waals surface area contributed by atoms with E-state index < -0.39 is 7.25 Å². The Morgan fingerprint density at radius 3 is 1.83 bits per heavy atom. The van der Waals surface area contributed by atoms with Gasteiger partial charge in [-0.1, -0.05) is 11.3 Å². The van der Waals surface area contributed by atoms with Gasteiger partial charge in [-0.2, -0.15) is 4.57 Å². The monoisotopic (exact) mass is 201 g/mol. The zero-order valence-electron chi connectivity index (χ0n) is 6.60. The summed E-state index contributed by atoms with van der Waals surface area (Å²) < 4.78 is 41.1. The molecule has 0 saturated carbocycles. The molecular formula is C5H8BF4NS. The van der Waals surface area contributed by atoms with Gasteiger partial charge >= 0.3 is 7.25 Å². The third-order valence-corrected chi connectivity index (χ3v) is 1.93. The van der Waals surface area contributed by atoms with Crippen LogP contribution in [0.1, 0.15) is 5.69 Å². The average Bonchev–Trinajstić information content (AvgIpc) is 2.12. The van der Waals surface area contributed by atoms with Gasteiger partial charge in [0, 0.05) is 6.92 Å². The molecule has 0 aliphatic rings. The van der Waals surface area contributed by atoms with Crippen LogP contribution in [0.2, 0.25) is 0 Å². The minimum atomic E-state index is -6.00. The smallest absolute Gasteiger partial charge is 0.418 e.